The molecule has 0 saturated heterocycles. The monoisotopic (exact) mass is 489 g/mol. The van der Waals surface area contributed by atoms with Gasteiger partial charge in [-0.1, -0.05) is 47.6 Å². The first-order chi connectivity index (χ1) is 16.6. The predicted molar refractivity (Wildman–Crippen MR) is 135 cm³/mol. The van der Waals surface area contributed by atoms with E-state index >= 15 is 0 Å². The van der Waals surface area contributed by atoms with Crippen LogP contribution in [0.1, 0.15) is 5.82 Å². The first kappa shape index (κ1) is 22.2. The minimum atomic E-state index is -0.129. The van der Waals surface area contributed by atoms with Crippen molar-refractivity contribution in [2.24, 2.45) is 0 Å². The summed E-state index contributed by atoms with van der Waals surface area (Å²) in [5.74, 6) is 2.73. The average molecular weight is 490 g/mol. The number of H-pyrrole nitrogens is 1. The summed E-state index contributed by atoms with van der Waals surface area (Å²) in [4.78, 5) is 19.8. The number of thioether (sulfide) groups is 1. The van der Waals surface area contributed by atoms with Crippen LogP contribution in [0.2, 0.25) is 5.02 Å². The Balaban J connectivity index is 1.45. The molecule has 0 aliphatic rings. The van der Waals surface area contributed by atoms with E-state index < -0.39 is 0 Å². The second-order valence-electron chi connectivity index (χ2n) is 7.48. The Hall–Kier alpha value is -3.62. The van der Waals surface area contributed by atoms with Crippen LogP contribution >= 0.6 is 23.4 Å². The number of hydrogen-bond donors (Lipinski definition) is 1. The number of methoxy groups -OCH3 is 1. The molecule has 0 spiro atoms. The van der Waals surface area contributed by atoms with E-state index in [1.807, 2.05) is 71.3 Å². The zero-order valence-electron chi connectivity index (χ0n) is 18.2. The van der Waals surface area contributed by atoms with Crippen molar-refractivity contribution in [1.29, 1.82) is 0 Å². The Morgan fingerprint density at radius 1 is 1.03 bits per heavy atom. The molecule has 0 radical (unpaired) electrons. The molecule has 0 aliphatic carbocycles. The first-order valence-corrected chi connectivity index (χ1v) is 12.0. The molecule has 0 fully saturated rings. The van der Waals surface area contributed by atoms with Crippen LogP contribution in [0.3, 0.4) is 0 Å². The molecule has 5 aromatic rings. The summed E-state index contributed by atoms with van der Waals surface area (Å²) >= 11 is 7.66. The lowest BCUT2D eigenvalue weighted by Crippen LogP contribution is -2.12. The van der Waals surface area contributed by atoms with E-state index in [-0.39, 0.29) is 5.56 Å². The van der Waals surface area contributed by atoms with Crippen LogP contribution in [0.5, 0.6) is 5.75 Å². The third kappa shape index (κ3) is 4.55. The van der Waals surface area contributed by atoms with Gasteiger partial charge in [-0.15, -0.1) is 10.2 Å². The van der Waals surface area contributed by atoms with Crippen molar-refractivity contribution in [3.05, 3.63) is 94.0 Å². The summed E-state index contributed by atoms with van der Waals surface area (Å²) in [6.45, 7) is 0. The molecule has 0 unspecified atom stereocenters. The number of rotatable bonds is 7. The molecular formula is C25H20ClN5O2S. The highest BCUT2D eigenvalue weighted by atomic mass is 35.5. The molecule has 5 rings (SSSR count). The van der Waals surface area contributed by atoms with Crippen LogP contribution in [0.25, 0.3) is 28.0 Å². The summed E-state index contributed by atoms with van der Waals surface area (Å²) in [5.41, 5.74) is 2.34. The standard InChI is InChI=1S/C25H20ClN5O2S/c1-33-19-6-4-5-16(15-19)23-29-30-25(31(23)18-11-9-17(26)10-12-18)34-14-13-22-27-21-8-3-2-7-20(21)24(32)28-22/h2-12,15H,13-14H2,1H3,(H,27,28,32). The molecule has 3 aromatic carbocycles. The van der Waals surface area contributed by atoms with Gasteiger partial charge in [0.05, 0.1) is 18.0 Å². The largest absolute Gasteiger partial charge is 0.497 e. The molecule has 0 bridgehead atoms. The van der Waals surface area contributed by atoms with Gasteiger partial charge in [0, 0.05) is 28.4 Å². The van der Waals surface area contributed by atoms with E-state index in [4.69, 9.17) is 16.3 Å². The fraction of sp³-hybridized carbons (Fsp3) is 0.120. The van der Waals surface area contributed by atoms with Crippen LogP contribution in [-0.2, 0) is 6.42 Å². The van der Waals surface area contributed by atoms with Crippen molar-refractivity contribution in [1.82, 2.24) is 24.7 Å². The Bertz CT molecular complexity index is 1510. The fourth-order valence-corrected chi connectivity index (χ4v) is 4.65. The van der Waals surface area contributed by atoms with Gasteiger partial charge in [-0.3, -0.25) is 9.36 Å². The number of hydrogen-bond acceptors (Lipinski definition) is 6. The summed E-state index contributed by atoms with van der Waals surface area (Å²) in [6, 6.07) is 22.6. The van der Waals surface area contributed by atoms with Crippen LogP contribution in [0.15, 0.2) is 82.7 Å². The zero-order chi connectivity index (χ0) is 23.5. The van der Waals surface area contributed by atoms with Crippen LogP contribution in [-0.4, -0.2) is 37.6 Å². The number of ether oxygens (including phenoxy) is 1. The van der Waals surface area contributed by atoms with Crippen molar-refractivity contribution < 1.29 is 4.74 Å². The molecule has 170 valence electrons. The fourth-order valence-electron chi connectivity index (χ4n) is 3.63. The Labute approximate surface area is 204 Å². The summed E-state index contributed by atoms with van der Waals surface area (Å²) in [7, 11) is 1.63. The van der Waals surface area contributed by atoms with Crippen molar-refractivity contribution in [2.45, 2.75) is 11.6 Å². The maximum Gasteiger partial charge on any atom is 0.258 e. The van der Waals surface area contributed by atoms with Crippen molar-refractivity contribution in [3.8, 4) is 22.8 Å². The van der Waals surface area contributed by atoms with E-state index in [2.05, 4.69) is 20.2 Å². The number of aromatic nitrogens is 5. The lowest BCUT2D eigenvalue weighted by atomic mass is 10.2. The van der Waals surface area contributed by atoms with Gasteiger partial charge in [0.1, 0.15) is 11.6 Å². The lowest BCUT2D eigenvalue weighted by Gasteiger charge is -2.11. The Kier molecular flexibility index (Phi) is 6.33. The van der Waals surface area contributed by atoms with Gasteiger partial charge in [-0.05, 0) is 48.5 Å². The van der Waals surface area contributed by atoms with E-state index in [0.717, 1.165) is 22.2 Å². The van der Waals surface area contributed by atoms with E-state index in [9.17, 15) is 4.79 Å². The van der Waals surface area contributed by atoms with Gasteiger partial charge in [0.25, 0.3) is 5.56 Å². The van der Waals surface area contributed by atoms with Crippen LogP contribution < -0.4 is 10.3 Å². The highest BCUT2D eigenvalue weighted by Crippen LogP contribution is 2.30. The van der Waals surface area contributed by atoms with E-state index in [0.29, 0.717) is 39.7 Å². The number of nitrogens with one attached hydrogen (secondary N) is 1. The number of halogens is 1. The van der Waals surface area contributed by atoms with Gasteiger partial charge >= 0.3 is 0 Å². The molecule has 7 nitrogen and oxygen atoms in total. The number of aryl methyl sites for hydroxylation is 1. The average Bonchev–Trinajstić information content (AvgIpc) is 3.28. The highest BCUT2D eigenvalue weighted by molar-refractivity contribution is 7.99. The van der Waals surface area contributed by atoms with Crippen molar-refractivity contribution >= 4 is 34.3 Å². The highest BCUT2D eigenvalue weighted by Gasteiger charge is 2.17. The number of nitrogens with zero attached hydrogens (tertiary/aromatic N) is 4. The molecule has 2 heterocycles. The van der Waals surface area contributed by atoms with Gasteiger partial charge in [0.2, 0.25) is 0 Å². The summed E-state index contributed by atoms with van der Waals surface area (Å²) in [6.07, 6.45) is 0.576. The summed E-state index contributed by atoms with van der Waals surface area (Å²) < 4.78 is 7.37. The minimum absolute atomic E-state index is 0.129. The maximum absolute atomic E-state index is 12.4. The van der Waals surface area contributed by atoms with Crippen LogP contribution in [0, 0.1) is 0 Å². The lowest BCUT2D eigenvalue weighted by molar-refractivity contribution is 0.415. The van der Waals surface area contributed by atoms with Gasteiger partial charge in [0.15, 0.2) is 11.0 Å². The Morgan fingerprint density at radius 2 is 1.85 bits per heavy atom. The molecule has 34 heavy (non-hydrogen) atoms. The normalized spacial score (nSPS) is 11.1. The molecule has 1 N–H and O–H groups in total. The SMILES string of the molecule is COc1cccc(-c2nnc(SCCc3nc4ccccc4c(=O)[nH]3)n2-c2ccc(Cl)cc2)c1. The molecule has 0 saturated carbocycles. The zero-order valence-corrected chi connectivity index (χ0v) is 19.8. The second kappa shape index (κ2) is 9.70. The third-order valence-electron chi connectivity index (χ3n) is 5.28. The topological polar surface area (TPSA) is 85.7 Å². The number of aromatic amines is 1. The number of para-hydroxylation sites is 1. The van der Waals surface area contributed by atoms with Gasteiger partial charge in [-0.2, -0.15) is 0 Å². The summed E-state index contributed by atoms with van der Waals surface area (Å²) in [5, 5.41) is 10.9. The number of benzene rings is 3. The molecule has 0 atom stereocenters. The van der Waals surface area contributed by atoms with Gasteiger partial charge in [-0.25, -0.2) is 4.98 Å². The minimum Gasteiger partial charge on any atom is -0.497 e. The molecule has 9 heteroatoms. The second-order valence-corrected chi connectivity index (χ2v) is 8.98. The quantitative estimate of drug-likeness (QED) is 0.317. The predicted octanol–water partition coefficient (Wildman–Crippen LogP) is 5.17. The van der Waals surface area contributed by atoms with Gasteiger partial charge < -0.3 is 9.72 Å². The molecule has 0 amide bonds. The molecule has 0 aliphatic heterocycles. The number of fused-ring (bicyclic) bond motifs is 1. The maximum atomic E-state index is 12.4. The van der Waals surface area contributed by atoms with Crippen LogP contribution in [0.4, 0.5) is 0 Å². The Morgan fingerprint density at radius 3 is 2.68 bits per heavy atom. The smallest absolute Gasteiger partial charge is 0.258 e. The first-order valence-electron chi connectivity index (χ1n) is 10.6. The van der Waals surface area contributed by atoms with Crippen molar-refractivity contribution in [2.75, 3.05) is 12.9 Å². The van der Waals surface area contributed by atoms with E-state index in [1.165, 1.54) is 0 Å². The molecule has 2 aromatic heterocycles. The van der Waals surface area contributed by atoms with Crippen molar-refractivity contribution in [3.63, 3.8) is 0 Å². The third-order valence-corrected chi connectivity index (χ3v) is 6.46. The molecular weight excluding hydrogens is 470 g/mol. The van der Waals surface area contributed by atoms with E-state index in [1.54, 1.807) is 24.9 Å².